The van der Waals surface area contributed by atoms with Gasteiger partial charge < -0.3 is 10.6 Å². The molecule has 0 bridgehead atoms. The molecule has 0 rings (SSSR count). The highest BCUT2D eigenvalue weighted by atomic mass is 19.4. The van der Waals surface area contributed by atoms with Crippen molar-refractivity contribution in [1.82, 2.24) is 4.90 Å². The smallest absolute Gasteiger partial charge is 0.330 e. The number of hydrogen-bond acceptors (Lipinski definition) is 3. The first-order valence-corrected chi connectivity index (χ1v) is 5.33. The Kier molecular flexibility index (Phi) is 6.28. The Bertz CT molecular complexity index is 195. The summed E-state index contributed by atoms with van der Waals surface area (Å²) in [5.41, 5.74) is 5.48. The normalized spacial score (nSPS) is 13.5. The van der Waals surface area contributed by atoms with Gasteiger partial charge in [0, 0.05) is 13.1 Å². The van der Waals surface area contributed by atoms with Gasteiger partial charge in [-0.1, -0.05) is 20.8 Å². The first kappa shape index (κ1) is 15.7. The molecule has 0 spiro atoms. The van der Waals surface area contributed by atoms with Gasteiger partial charge >= 0.3 is 6.36 Å². The first-order chi connectivity index (χ1) is 7.20. The summed E-state index contributed by atoms with van der Waals surface area (Å²) >= 11 is 0. The molecule has 0 radical (unpaired) electrons. The van der Waals surface area contributed by atoms with Gasteiger partial charge in [-0.2, -0.15) is 0 Å². The van der Waals surface area contributed by atoms with Gasteiger partial charge in [-0.25, -0.2) is 0 Å². The molecular weight excluding hydrogens is 221 g/mol. The molecule has 0 amide bonds. The Hall–Kier alpha value is -0.330. The van der Waals surface area contributed by atoms with Crippen LogP contribution in [0.5, 0.6) is 0 Å². The number of halogens is 3. The number of likely N-dealkylation sites (N-methyl/N-ethyl adjacent to an activating group) is 1. The summed E-state index contributed by atoms with van der Waals surface area (Å²) in [6, 6.07) is 0. The van der Waals surface area contributed by atoms with E-state index in [9.17, 15) is 13.2 Å². The SMILES string of the molecule is CCN(CCOC(F)(F)F)CC(C)(C)CN. The van der Waals surface area contributed by atoms with E-state index in [1.807, 2.05) is 25.7 Å². The quantitative estimate of drug-likeness (QED) is 0.740. The second kappa shape index (κ2) is 6.42. The van der Waals surface area contributed by atoms with E-state index in [0.29, 0.717) is 19.6 Å². The highest BCUT2D eigenvalue weighted by Crippen LogP contribution is 2.17. The first-order valence-electron chi connectivity index (χ1n) is 5.33. The van der Waals surface area contributed by atoms with Crippen LogP contribution < -0.4 is 5.73 Å². The summed E-state index contributed by atoms with van der Waals surface area (Å²) in [5.74, 6) is 0. The Morgan fingerprint density at radius 1 is 1.25 bits per heavy atom. The van der Waals surface area contributed by atoms with E-state index < -0.39 is 6.36 Å². The minimum atomic E-state index is -4.54. The second-order valence-electron chi connectivity index (χ2n) is 4.53. The number of ether oxygens (including phenoxy) is 1. The second-order valence-corrected chi connectivity index (χ2v) is 4.53. The largest absolute Gasteiger partial charge is 0.522 e. The highest BCUT2D eigenvalue weighted by Gasteiger charge is 2.29. The summed E-state index contributed by atoms with van der Waals surface area (Å²) in [6.45, 7) is 7.66. The molecule has 16 heavy (non-hydrogen) atoms. The van der Waals surface area contributed by atoms with Crippen LogP contribution in [0.1, 0.15) is 20.8 Å². The molecule has 0 aliphatic carbocycles. The summed E-state index contributed by atoms with van der Waals surface area (Å²) in [4.78, 5) is 1.90. The predicted molar refractivity (Wildman–Crippen MR) is 57.0 cm³/mol. The molecule has 0 aromatic carbocycles. The van der Waals surface area contributed by atoms with Gasteiger partial charge in [0.05, 0.1) is 6.61 Å². The van der Waals surface area contributed by atoms with Gasteiger partial charge in [-0.3, -0.25) is 4.74 Å². The minimum absolute atomic E-state index is 0.0890. The molecule has 0 aliphatic rings. The molecule has 0 atom stereocenters. The molecule has 0 aromatic rings. The predicted octanol–water partition coefficient (Wildman–Crippen LogP) is 1.83. The maximum absolute atomic E-state index is 11.8. The molecular formula is C10H21F3N2O. The maximum Gasteiger partial charge on any atom is 0.522 e. The topological polar surface area (TPSA) is 38.5 Å². The van der Waals surface area contributed by atoms with E-state index in [2.05, 4.69) is 4.74 Å². The lowest BCUT2D eigenvalue weighted by molar-refractivity contribution is -0.325. The van der Waals surface area contributed by atoms with Crippen molar-refractivity contribution in [3.8, 4) is 0 Å². The van der Waals surface area contributed by atoms with Crippen LogP contribution >= 0.6 is 0 Å². The molecule has 0 aromatic heterocycles. The zero-order valence-electron chi connectivity index (χ0n) is 10.1. The van der Waals surface area contributed by atoms with E-state index >= 15 is 0 Å². The molecule has 2 N–H and O–H groups in total. The van der Waals surface area contributed by atoms with Crippen molar-refractivity contribution in [3.05, 3.63) is 0 Å². The van der Waals surface area contributed by atoms with E-state index in [4.69, 9.17) is 5.73 Å². The third-order valence-corrected chi connectivity index (χ3v) is 2.32. The van der Waals surface area contributed by atoms with Gasteiger partial charge in [-0.05, 0) is 18.5 Å². The lowest BCUT2D eigenvalue weighted by Crippen LogP contribution is -2.40. The van der Waals surface area contributed by atoms with Crippen molar-refractivity contribution < 1.29 is 17.9 Å². The van der Waals surface area contributed by atoms with Gasteiger partial charge in [-0.15, -0.1) is 13.2 Å². The van der Waals surface area contributed by atoms with Crippen LogP contribution in [0.4, 0.5) is 13.2 Å². The number of alkyl halides is 3. The maximum atomic E-state index is 11.8. The van der Waals surface area contributed by atoms with E-state index in [1.165, 1.54) is 0 Å². The van der Waals surface area contributed by atoms with Crippen LogP contribution in [0.3, 0.4) is 0 Å². The number of nitrogens with zero attached hydrogens (tertiary/aromatic N) is 1. The van der Waals surface area contributed by atoms with Crippen molar-refractivity contribution in [2.24, 2.45) is 11.1 Å². The van der Waals surface area contributed by atoms with Crippen LogP contribution in [0, 0.1) is 5.41 Å². The fourth-order valence-electron chi connectivity index (χ4n) is 1.31. The zero-order valence-corrected chi connectivity index (χ0v) is 10.1. The monoisotopic (exact) mass is 242 g/mol. The number of rotatable bonds is 7. The lowest BCUT2D eigenvalue weighted by atomic mass is 9.93. The van der Waals surface area contributed by atoms with E-state index in [1.54, 1.807) is 0 Å². The average molecular weight is 242 g/mol. The van der Waals surface area contributed by atoms with Gasteiger partial charge in [0.25, 0.3) is 0 Å². The molecule has 0 fully saturated rings. The van der Waals surface area contributed by atoms with Crippen molar-refractivity contribution in [2.45, 2.75) is 27.1 Å². The molecule has 0 aliphatic heterocycles. The van der Waals surface area contributed by atoms with Crippen molar-refractivity contribution in [2.75, 3.05) is 32.8 Å². The van der Waals surface area contributed by atoms with Crippen LogP contribution in [0.2, 0.25) is 0 Å². The van der Waals surface area contributed by atoms with Gasteiger partial charge in [0.1, 0.15) is 0 Å². The van der Waals surface area contributed by atoms with Crippen LogP contribution in [-0.4, -0.2) is 44.0 Å². The van der Waals surface area contributed by atoms with Crippen molar-refractivity contribution in [3.63, 3.8) is 0 Å². The van der Waals surface area contributed by atoms with Crippen LogP contribution in [-0.2, 0) is 4.74 Å². The molecule has 0 saturated carbocycles. The van der Waals surface area contributed by atoms with Crippen LogP contribution in [0.25, 0.3) is 0 Å². The molecule has 6 heteroatoms. The average Bonchev–Trinajstić information content (AvgIpc) is 2.14. The van der Waals surface area contributed by atoms with Crippen molar-refractivity contribution >= 4 is 0 Å². The summed E-state index contributed by atoms with van der Waals surface area (Å²) in [6.07, 6.45) is -4.54. The molecule has 0 saturated heterocycles. The Morgan fingerprint density at radius 3 is 2.19 bits per heavy atom. The fourth-order valence-corrected chi connectivity index (χ4v) is 1.31. The van der Waals surface area contributed by atoms with E-state index in [-0.39, 0.29) is 18.6 Å². The lowest BCUT2D eigenvalue weighted by Gasteiger charge is -2.30. The molecule has 0 heterocycles. The highest BCUT2D eigenvalue weighted by molar-refractivity contribution is 4.74. The summed E-state index contributed by atoms with van der Waals surface area (Å²) in [7, 11) is 0. The molecule has 0 unspecified atom stereocenters. The van der Waals surface area contributed by atoms with Gasteiger partial charge in [0.15, 0.2) is 0 Å². The molecule has 3 nitrogen and oxygen atoms in total. The number of hydrogen-bond donors (Lipinski definition) is 1. The third-order valence-electron chi connectivity index (χ3n) is 2.32. The summed E-state index contributed by atoms with van der Waals surface area (Å²) in [5, 5.41) is 0. The Morgan fingerprint density at radius 2 is 1.81 bits per heavy atom. The standard InChI is InChI=1S/C10H21F3N2O/c1-4-15(8-9(2,3)7-14)5-6-16-10(11,12)13/h4-8,14H2,1-3H3. The van der Waals surface area contributed by atoms with Crippen LogP contribution in [0.15, 0.2) is 0 Å². The Balaban J connectivity index is 3.93. The molecule has 98 valence electrons. The van der Waals surface area contributed by atoms with Crippen molar-refractivity contribution in [1.29, 1.82) is 0 Å². The number of nitrogens with two attached hydrogens (primary N) is 1. The fraction of sp³-hybridized carbons (Fsp3) is 1.00. The van der Waals surface area contributed by atoms with E-state index in [0.717, 1.165) is 0 Å². The summed E-state index contributed by atoms with van der Waals surface area (Å²) < 4.78 is 39.0. The van der Waals surface area contributed by atoms with Gasteiger partial charge in [0.2, 0.25) is 0 Å². The minimum Gasteiger partial charge on any atom is -0.330 e. The Labute approximate surface area is 94.7 Å². The third kappa shape index (κ3) is 7.90. The zero-order chi connectivity index (χ0) is 12.8.